The highest BCUT2D eigenvalue weighted by Gasteiger charge is 2.26. The zero-order valence-corrected chi connectivity index (χ0v) is 26.1. The predicted octanol–water partition coefficient (Wildman–Crippen LogP) is 12.9. The van der Waals surface area contributed by atoms with E-state index in [-0.39, 0.29) is 0 Å². The zero-order chi connectivity index (χ0) is 31.3. The Morgan fingerprint density at radius 1 is 0.417 bits per heavy atom. The van der Waals surface area contributed by atoms with E-state index in [2.05, 4.69) is 146 Å². The number of furan rings is 2. The fraction of sp³-hybridized carbons (Fsp3) is 0.0435. The normalized spacial score (nSPS) is 13.4. The molecule has 1 aliphatic rings. The summed E-state index contributed by atoms with van der Waals surface area (Å²) in [5.74, 6) is 1.01. The second-order valence-corrected chi connectivity index (χ2v) is 13.0. The van der Waals surface area contributed by atoms with E-state index in [1.165, 1.54) is 87.4 Å². The zero-order valence-electron chi connectivity index (χ0n) is 26.1. The third kappa shape index (κ3) is 3.47. The first kappa shape index (κ1) is 26.0. The van der Waals surface area contributed by atoms with Crippen molar-refractivity contribution in [3.63, 3.8) is 0 Å². The van der Waals surface area contributed by atoms with E-state index in [1.54, 1.807) is 0 Å². The SMILES string of the molecule is C1=C(c2ccccc2-c2c3ccccc3c(-c3cc4cccc5oc6cccc3c6c45)c3ccccc23)c2oc3ccccc3c2CC1. The largest absolute Gasteiger partial charge is 0.456 e. The molecule has 0 aliphatic heterocycles. The molecule has 48 heavy (non-hydrogen) atoms. The van der Waals surface area contributed by atoms with Gasteiger partial charge in [0.05, 0.1) is 0 Å². The smallest absolute Gasteiger partial charge is 0.138 e. The highest BCUT2D eigenvalue weighted by Crippen LogP contribution is 2.50. The monoisotopic (exact) mass is 612 g/mol. The second-order valence-electron chi connectivity index (χ2n) is 13.0. The Hall–Kier alpha value is -6.12. The maximum Gasteiger partial charge on any atom is 0.138 e. The fourth-order valence-corrected chi connectivity index (χ4v) is 8.57. The highest BCUT2D eigenvalue weighted by molar-refractivity contribution is 6.30. The molecule has 2 aromatic heterocycles. The van der Waals surface area contributed by atoms with Crippen LogP contribution in [0.25, 0.3) is 93.1 Å². The Balaban J connectivity index is 1.24. The summed E-state index contributed by atoms with van der Waals surface area (Å²) in [6.07, 6.45) is 4.36. The van der Waals surface area contributed by atoms with Gasteiger partial charge in [0, 0.05) is 27.3 Å². The van der Waals surface area contributed by atoms with E-state index < -0.39 is 0 Å². The van der Waals surface area contributed by atoms with Crippen molar-refractivity contribution in [3.8, 4) is 22.3 Å². The van der Waals surface area contributed by atoms with E-state index >= 15 is 0 Å². The fourth-order valence-electron chi connectivity index (χ4n) is 8.57. The summed E-state index contributed by atoms with van der Waals surface area (Å²) in [6.45, 7) is 0. The van der Waals surface area contributed by atoms with Crippen LogP contribution in [0, 0.1) is 0 Å². The molecule has 0 unspecified atom stereocenters. The Kier molecular flexibility index (Phi) is 5.25. The predicted molar refractivity (Wildman–Crippen MR) is 200 cm³/mol. The summed E-state index contributed by atoms with van der Waals surface area (Å²) in [5, 5.41) is 11.0. The molecule has 0 radical (unpaired) electrons. The molecular weight excluding hydrogens is 585 g/mol. The van der Waals surface area contributed by atoms with Crippen LogP contribution in [-0.2, 0) is 6.42 Å². The molecule has 0 saturated heterocycles. The van der Waals surface area contributed by atoms with Crippen LogP contribution in [0.3, 0.4) is 0 Å². The summed E-state index contributed by atoms with van der Waals surface area (Å²) >= 11 is 0. The van der Waals surface area contributed by atoms with Gasteiger partial charge in [0.1, 0.15) is 22.5 Å². The van der Waals surface area contributed by atoms with E-state index in [4.69, 9.17) is 8.83 Å². The number of aryl methyl sites for hydroxylation is 1. The molecule has 2 heterocycles. The van der Waals surface area contributed by atoms with Gasteiger partial charge >= 0.3 is 0 Å². The second kappa shape index (κ2) is 9.70. The van der Waals surface area contributed by atoms with Crippen LogP contribution in [0.15, 0.2) is 154 Å². The van der Waals surface area contributed by atoms with Crippen molar-refractivity contribution in [2.75, 3.05) is 0 Å². The lowest BCUT2D eigenvalue weighted by atomic mass is 9.81. The molecule has 11 rings (SSSR count). The lowest BCUT2D eigenvalue weighted by molar-refractivity contribution is 0.591. The van der Waals surface area contributed by atoms with Crippen LogP contribution in [0.5, 0.6) is 0 Å². The van der Waals surface area contributed by atoms with Gasteiger partial charge in [-0.15, -0.1) is 0 Å². The molecule has 2 nitrogen and oxygen atoms in total. The van der Waals surface area contributed by atoms with Crippen molar-refractivity contribution >= 4 is 70.8 Å². The highest BCUT2D eigenvalue weighted by atomic mass is 16.3. The molecule has 0 atom stereocenters. The summed E-state index contributed by atoms with van der Waals surface area (Å²) in [6, 6.07) is 50.5. The number of para-hydroxylation sites is 1. The molecule has 0 N–H and O–H groups in total. The van der Waals surface area contributed by atoms with E-state index in [1.807, 2.05) is 0 Å². The summed E-state index contributed by atoms with van der Waals surface area (Å²) in [7, 11) is 0. The molecule has 224 valence electrons. The van der Waals surface area contributed by atoms with Gasteiger partial charge in [-0.2, -0.15) is 0 Å². The van der Waals surface area contributed by atoms with E-state index in [0.29, 0.717) is 0 Å². The third-order valence-electron chi connectivity index (χ3n) is 10.5. The number of allylic oxidation sites excluding steroid dienone is 1. The minimum absolute atomic E-state index is 0.936. The molecule has 2 heteroatoms. The van der Waals surface area contributed by atoms with Gasteiger partial charge in [0.2, 0.25) is 0 Å². The Morgan fingerprint density at radius 3 is 1.73 bits per heavy atom. The van der Waals surface area contributed by atoms with Crippen LogP contribution in [0.2, 0.25) is 0 Å². The summed E-state index contributed by atoms with van der Waals surface area (Å²) < 4.78 is 13.0. The van der Waals surface area contributed by atoms with Crippen molar-refractivity contribution < 1.29 is 8.83 Å². The lowest BCUT2D eigenvalue weighted by Crippen LogP contribution is -2.00. The molecular formula is C46H28O2. The van der Waals surface area contributed by atoms with Crippen LogP contribution in [0.1, 0.15) is 23.3 Å². The van der Waals surface area contributed by atoms with Crippen LogP contribution in [-0.4, -0.2) is 0 Å². The summed E-state index contributed by atoms with van der Waals surface area (Å²) in [5.41, 5.74) is 11.5. The number of benzene rings is 8. The average molecular weight is 613 g/mol. The van der Waals surface area contributed by atoms with Gasteiger partial charge in [0.15, 0.2) is 0 Å². The van der Waals surface area contributed by atoms with Gasteiger partial charge in [-0.3, -0.25) is 0 Å². The lowest BCUT2D eigenvalue weighted by Gasteiger charge is -2.22. The molecule has 0 saturated carbocycles. The standard InChI is InChI=1S/C46H28O2/c1-2-15-30(28(13-1)36-21-10-22-37-29-14-7-8-23-39(29)48-46(36)37)43-31-16-3-5-18-33(31)44(34-19-6-4-17-32(34)43)38-26-27-12-9-24-40-42(27)45-35(38)20-11-25-41(45)47-40/h1-9,11-21,23-26H,10,22H2. The van der Waals surface area contributed by atoms with Crippen molar-refractivity contribution in [1.82, 2.24) is 0 Å². The topological polar surface area (TPSA) is 26.3 Å². The maximum atomic E-state index is 6.61. The van der Waals surface area contributed by atoms with E-state index in [0.717, 1.165) is 35.4 Å². The Morgan fingerprint density at radius 2 is 0.979 bits per heavy atom. The molecule has 0 amide bonds. The van der Waals surface area contributed by atoms with Gasteiger partial charge in [-0.05, 0) is 97.2 Å². The molecule has 0 bridgehead atoms. The van der Waals surface area contributed by atoms with Crippen LogP contribution < -0.4 is 0 Å². The van der Waals surface area contributed by atoms with Crippen molar-refractivity contribution in [2.24, 2.45) is 0 Å². The first-order valence-electron chi connectivity index (χ1n) is 16.7. The van der Waals surface area contributed by atoms with E-state index in [9.17, 15) is 0 Å². The number of rotatable bonds is 3. The Bertz CT molecular complexity index is 2890. The van der Waals surface area contributed by atoms with Gasteiger partial charge in [-0.25, -0.2) is 0 Å². The average Bonchev–Trinajstić information content (AvgIpc) is 3.72. The van der Waals surface area contributed by atoms with Crippen molar-refractivity contribution in [2.45, 2.75) is 12.8 Å². The van der Waals surface area contributed by atoms with Crippen LogP contribution >= 0.6 is 0 Å². The quantitative estimate of drug-likeness (QED) is 0.147. The summed E-state index contributed by atoms with van der Waals surface area (Å²) in [4.78, 5) is 0. The molecule has 10 aromatic rings. The first-order valence-corrected chi connectivity index (χ1v) is 16.7. The maximum absolute atomic E-state index is 6.61. The van der Waals surface area contributed by atoms with Gasteiger partial charge in [0.25, 0.3) is 0 Å². The minimum Gasteiger partial charge on any atom is -0.456 e. The number of hydrogen-bond acceptors (Lipinski definition) is 2. The van der Waals surface area contributed by atoms with Crippen LogP contribution in [0.4, 0.5) is 0 Å². The number of fused-ring (bicyclic) bond motifs is 5. The molecule has 1 aliphatic carbocycles. The first-order chi connectivity index (χ1) is 23.8. The molecule has 8 aromatic carbocycles. The molecule has 0 spiro atoms. The molecule has 0 fully saturated rings. The number of hydrogen-bond donors (Lipinski definition) is 0. The Labute approximate surface area is 276 Å². The van der Waals surface area contributed by atoms with Crippen molar-refractivity contribution in [1.29, 1.82) is 0 Å². The van der Waals surface area contributed by atoms with Gasteiger partial charge in [-0.1, -0.05) is 121 Å². The van der Waals surface area contributed by atoms with Gasteiger partial charge < -0.3 is 8.83 Å². The van der Waals surface area contributed by atoms with Crippen molar-refractivity contribution in [3.05, 3.63) is 162 Å². The third-order valence-corrected chi connectivity index (χ3v) is 10.5. The minimum atomic E-state index is 0.936.